The Balaban J connectivity index is 1.46. The maximum absolute atomic E-state index is 12.3. The summed E-state index contributed by atoms with van der Waals surface area (Å²) in [7, 11) is 1.74. The monoisotopic (exact) mass is 345 g/mol. The van der Waals surface area contributed by atoms with Crippen LogP contribution in [0.25, 0.3) is 0 Å². The minimum Gasteiger partial charge on any atom is -0.386 e. The maximum atomic E-state index is 12.3. The zero-order chi connectivity index (χ0) is 17.7. The van der Waals surface area contributed by atoms with Gasteiger partial charge in [0.05, 0.1) is 12.7 Å². The molecule has 134 valence electrons. The predicted octanol–water partition coefficient (Wildman–Crippen LogP) is -0.0519. The lowest BCUT2D eigenvalue weighted by atomic mass is 10.0. The Morgan fingerprint density at radius 2 is 2.28 bits per heavy atom. The number of aromatic nitrogens is 5. The molecule has 0 spiro atoms. The van der Waals surface area contributed by atoms with E-state index in [1.165, 1.54) is 6.33 Å². The summed E-state index contributed by atoms with van der Waals surface area (Å²) in [5.41, 5.74) is -0.923. The van der Waals surface area contributed by atoms with Gasteiger partial charge < -0.3 is 14.9 Å². The van der Waals surface area contributed by atoms with Crippen LogP contribution in [0.3, 0.4) is 0 Å². The van der Waals surface area contributed by atoms with Crippen LogP contribution >= 0.6 is 0 Å². The SMILES string of the molecule is CN(C[C@@]1(O)CCN(c2cnccn2)C1)C(=O)CCCn1cncn1. The fourth-order valence-corrected chi connectivity index (χ4v) is 3.10. The number of β-amino-alcohol motifs (C(OH)–C–C–N with tert-alkyl or cyclic N) is 1. The van der Waals surface area contributed by atoms with Gasteiger partial charge in [-0.15, -0.1) is 0 Å². The van der Waals surface area contributed by atoms with Crippen molar-refractivity contribution in [3.05, 3.63) is 31.2 Å². The molecular weight excluding hydrogens is 322 g/mol. The summed E-state index contributed by atoms with van der Waals surface area (Å²) in [6, 6.07) is 0. The van der Waals surface area contributed by atoms with E-state index in [1.54, 1.807) is 41.5 Å². The van der Waals surface area contributed by atoms with E-state index in [0.29, 0.717) is 45.4 Å². The average molecular weight is 345 g/mol. The molecule has 0 radical (unpaired) electrons. The molecule has 25 heavy (non-hydrogen) atoms. The lowest BCUT2D eigenvalue weighted by Gasteiger charge is -2.29. The third-order valence-electron chi connectivity index (χ3n) is 4.41. The summed E-state index contributed by atoms with van der Waals surface area (Å²) in [4.78, 5) is 28.1. The molecule has 1 aliphatic rings. The van der Waals surface area contributed by atoms with E-state index in [1.807, 2.05) is 4.90 Å². The highest BCUT2D eigenvalue weighted by atomic mass is 16.3. The van der Waals surface area contributed by atoms with Crippen molar-refractivity contribution in [1.29, 1.82) is 0 Å². The molecule has 3 heterocycles. The van der Waals surface area contributed by atoms with Crippen molar-refractivity contribution in [2.45, 2.75) is 31.4 Å². The molecule has 0 unspecified atom stereocenters. The van der Waals surface area contributed by atoms with Gasteiger partial charge in [-0.1, -0.05) is 0 Å². The lowest BCUT2D eigenvalue weighted by Crippen LogP contribution is -2.45. The van der Waals surface area contributed by atoms with Crippen molar-refractivity contribution in [3.8, 4) is 0 Å². The molecule has 0 saturated carbocycles. The highest BCUT2D eigenvalue weighted by Gasteiger charge is 2.38. The van der Waals surface area contributed by atoms with Gasteiger partial charge in [0.1, 0.15) is 24.1 Å². The van der Waals surface area contributed by atoms with Crippen LogP contribution in [0.5, 0.6) is 0 Å². The van der Waals surface area contributed by atoms with Crippen LogP contribution in [-0.2, 0) is 11.3 Å². The first-order valence-corrected chi connectivity index (χ1v) is 8.35. The zero-order valence-corrected chi connectivity index (χ0v) is 14.3. The third-order valence-corrected chi connectivity index (χ3v) is 4.41. The lowest BCUT2D eigenvalue weighted by molar-refractivity contribution is -0.133. The van der Waals surface area contributed by atoms with Crippen molar-refractivity contribution >= 4 is 11.7 Å². The zero-order valence-electron chi connectivity index (χ0n) is 14.3. The van der Waals surface area contributed by atoms with Crippen LogP contribution in [0.2, 0.25) is 0 Å². The summed E-state index contributed by atoms with van der Waals surface area (Å²) in [5.74, 6) is 0.770. The van der Waals surface area contributed by atoms with Gasteiger partial charge in [0.25, 0.3) is 0 Å². The highest BCUT2D eigenvalue weighted by molar-refractivity contribution is 5.75. The van der Waals surface area contributed by atoms with Crippen LogP contribution in [-0.4, -0.2) is 72.9 Å². The summed E-state index contributed by atoms with van der Waals surface area (Å²) in [5, 5.41) is 14.8. The minimum atomic E-state index is -0.923. The van der Waals surface area contributed by atoms with E-state index in [2.05, 4.69) is 20.1 Å². The molecule has 1 N–H and O–H groups in total. The molecular formula is C16H23N7O2. The number of amides is 1. The molecule has 1 fully saturated rings. The molecule has 3 rings (SSSR count). The van der Waals surface area contributed by atoms with Crippen LogP contribution < -0.4 is 4.90 Å². The fraction of sp³-hybridized carbons (Fsp3) is 0.562. The minimum absolute atomic E-state index is 0.0199. The molecule has 9 nitrogen and oxygen atoms in total. The molecule has 0 aliphatic carbocycles. The fourth-order valence-electron chi connectivity index (χ4n) is 3.10. The molecule has 1 aliphatic heterocycles. The van der Waals surface area contributed by atoms with Crippen molar-refractivity contribution in [2.75, 3.05) is 31.6 Å². The van der Waals surface area contributed by atoms with Crippen molar-refractivity contribution < 1.29 is 9.90 Å². The summed E-state index contributed by atoms with van der Waals surface area (Å²) < 4.78 is 1.70. The number of rotatable bonds is 7. The van der Waals surface area contributed by atoms with E-state index < -0.39 is 5.60 Å². The molecule has 1 saturated heterocycles. The second-order valence-electron chi connectivity index (χ2n) is 6.47. The van der Waals surface area contributed by atoms with E-state index in [9.17, 15) is 9.90 Å². The van der Waals surface area contributed by atoms with Gasteiger partial charge in [-0.3, -0.25) is 14.5 Å². The van der Waals surface area contributed by atoms with Gasteiger partial charge in [-0.25, -0.2) is 9.97 Å². The number of carbonyl (C=O) groups is 1. The van der Waals surface area contributed by atoms with Crippen LogP contribution in [0.15, 0.2) is 31.2 Å². The van der Waals surface area contributed by atoms with E-state index in [4.69, 9.17) is 0 Å². The van der Waals surface area contributed by atoms with Crippen LogP contribution in [0, 0.1) is 0 Å². The normalized spacial score (nSPS) is 20.0. The highest BCUT2D eigenvalue weighted by Crippen LogP contribution is 2.25. The van der Waals surface area contributed by atoms with Gasteiger partial charge in [0, 0.05) is 45.5 Å². The van der Waals surface area contributed by atoms with Crippen molar-refractivity contribution in [1.82, 2.24) is 29.6 Å². The first-order valence-electron chi connectivity index (χ1n) is 8.35. The first kappa shape index (κ1) is 17.3. The molecule has 1 amide bonds. The quantitative estimate of drug-likeness (QED) is 0.751. The average Bonchev–Trinajstić information content (AvgIpc) is 3.25. The number of likely N-dealkylation sites (N-methyl/N-ethyl adjacent to an activating group) is 1. The number of aliphatic hydroxyl groups is 1. The Labute approximate surface area is 146 Å². The van der Waals surface area contributed by atoms with Gasteiger partial charge >= 0.3 is 0 Å². The second-order valence-corrected chi connectivity index (χ2v) is 6.47. The van der Waals surface area contributed by atoms with Crippen molar-refractivity contribution in [2.24, 2.45) is 0 Å². The van der Waals surface area contributed by atoms with Gasteiger partial charge in [0.2, 0.25) is 5.91 Å². The third kappa shape index (κ3) is 4.50. The van der Waals surface area contributed by atoms with Gasteiger partial charge in [-0.2, -0.15) is 5.10 Å². The molecule has 0 aromatic carbocycles. The molecule has 2 aromatic heterocycles. The number of hydrogen-bond donors (Lipinski definition) is 1. The number of aryl methyl sites for hydroxylation is 1. The van der Waals surface area contributed by atoms with Gasteiger partial charge in [-0.05, 0) is 12.8 Å². The van der Waals surface area contributed by atoms with E-state index in [0.717, 1.165) is 5.82 Å². The second kappa shape index (κ2) is 7.56. The predicted molar refractivity (Wildman–Crippen MR) is 90.7 cm³/mol. The number of anilines is 1. The summed E-state index contributed by atoms with van der Waals surface area (Å²) in [6.45, 7) is 2.11. The molecule has 9 heteroatoms. The Morgan fingerprint density at radius 1 is 1.40 bits per heavy atom. The van der Waals surface area contributed by atoms with E-state index in [-0.39, 0.29) is 5.91 Å². The number of carbonyl (C=O) groups excluding carboxylic acids is 1. The molecule has 0 bridgehead atoms. The van der Waals surface area contributed by atoms with Crippen LogP contribution in [0.1, 0.15) is 19.3 Å². The number of nitrogens with zero attached hydrogens (tertiary/aromatic N) is 7. The van der Waals surface area contributed by atoms with Crippen molar-refractivity contribution in [3.63, 3.8) is 0 Å². The first-order chi connectivity index (χ1) is 12.1. The Morgan fingerprint density at radius 3 is 3.00 bits per heavy atom. The summed E-state index contributed by atoms with van der Waals surface area (Å²) >= 11 is 0. The smallest absolute Gasteiger partial charge is 0.222 e. The Bertz CT molecular complexity index is 679. The largest absolute Gasteiger partial charge is 0.386 e. The standard InChI is InChI=1S/C16H23N7O2/c1-21(15(24)3-2-7-23-13-18-12-20-23)10-16(25)4-8-22(11-16)14-9-17-5-6-19-14/h5-6,9,12-13,25H,2-4,7-8,10-11H2,1H3/t16-/m0/s1. The maximum Gasteiger partial charge on any atom is 0.222 e. The van der Waals surface area contributed by atoms with E-state index >= 15 is 0 Å². The molecule has 1 atom stereocenters. The van der Waals surface area contributed by atoms with Gasteiger partial charge in [0.15, 0.2) is 0 Å². The Hall–Kier alpha value is -2.55. The number of hydrogen-bond acceptors (Lipinski definition) is 7. The molecule has 2 aromatic rings. The summed E-state index contributed by atoms with van der Waals surface area (Å²) in [6.07, 6.45) is 9.76. The Kier molecular flexibility index (Phi) is 5.22. The van der Waals surface area contributed by atoms with Crippen LogP contribution in [0.4, 0.5) is 5.82 Å². The topological polar surface area (TPSA) is 100 Å².